The Hall–Kier alpha value is -2.65. The van der Waals surface area contributed by atoms with E-state index in [1.54, 1.807) is 12.1 Å². The van der Waals surface area contributed by atoms with Crippen molar-refractivity contribution in [1.29, 1.82) is 0 Å². The minimum Gasteiger partial charge on any atom is -0.299 e. The Labute approximate surface area is 148 Å². The van der Waals surface area contributed by atoms with Crippen LogP contribution < -0.4 is 5.32 Å². The third-order valence-corrected chi connectivity index (χ3v) is 4.40. The molecule has 3 heterocycles. The Morgan fingerprint density at radius 1 is 1.25 bits per heavy atom. The smallest absolute Gasteiger partial charge is 0.299 e. The molecule has 1 N–H and O–H groups in total. The van der Waals surface area contributed by atoms with E-state index in [2.05, 4.69) is 31.2 Å². The first-order valence-electron chi connectivity index (χ1n) is 6.67. The van der Waals surface area contributed by atoms with Gasteiger partial charge in [-0.3, -0.25) is 20.2 Å². The SMILES string of the molecule is O=C(Nc1nc(-c2cccs2)ccc1[N+](=O)[O-])c1ccc(Br)cn1. The maximum absolute atomic E-state index is 12.2. The highest BCUT2D eigenvalue weighted by molar-refractivity contribution is 9.10. The average molecular weight is 405 g/mol. The molecule has 24 heavy (non-hydrogen) atoms. The van der Waals surface area contributed by atoms with E-state index in [0.717, 1.165) is 9.35 Å². The van der Waals surface area contributed by atoms with Gasteiger partial charge in [0.2, 0.25) is 5.82 Å². The molecule has 0 bridgehead atoms. The first kappa shape index (κ1) is 16.2. The molecule has 3 aromatic heterocycles. The van der Waals surface area contributed by atoms with Crippen molar-refractivity contribution in [3.8, 4) is 10.6 Å². The third-order valence-electron chi connectivity index (χ3n) is 3.04. The molecule has 0 aliphatic rings. The highest BCUT2D eigenvalue weighted by atomic mass is 79.9. The van der Waals surface area contributed by atoms with Gasteiger partial charge in [-0.2, -0.15) is 0 Å². The molecule has 3 aromatic rings. The number of anilines is 1. The van der Waals surface area contributed by atoms with Crippen LogP contribution >= 0.6 is 27.3 Å². The van der Waals surface area contributed by atoms with Crippen molar-refractivity contribution >= 4 is 44.7 Å². The Bertz CT molecular complexity index is 898. The van der Waals surface area contributed by atoms with E-state index in [1.807, 2.05) is 17.5 Å². The van der Waals surface area contributed by atoms with Crippen LogP contribution in [0.5, 0.6) is 0 Å². The van der Waals surface area contributed by atoms with Gasteiger partial charge < -0.3 is 0 Å². The maximum Gasteiger partial charge on any atom is 0.311 e. The number of nitro groups is 1. The Balaban J connectivity index is 1.95. The standard InChI is InChI=1S/C15H9BrN4O3S/c16-9-3-4-11(17-8-9)15(21)19-14-12(20(22)23)6-5-10(18-14)13-2-1-7-24-13/h1-8H,(H,18,19,21). The molecule has 9 heteroatoms. The number of pyridine rings is 2. The van der Waals surface area contributed by atoms with Gasteiger partial charge in [0.1, 0.15) is 5.69 Å². The second-order valence-electron chi connectivity index (χ2n) is 4.61. The lowest BCUT2D eigenvalue weighted by molar-refractivity contribution is -0.384. The number of thiophene rings is 1. The van der Waals surface area contributed by atoms with E-state index in [0.29, 0.717) is 5.69 Å². The molecule has 0 radical (unpaired) electrons. The minimum absolute atomic E-state index is 0.111. The molecule has 0 unspecified atom stereocenters. The van der Waals surface area contributed by atoms with Crippen molar-refractivity contribution in [3.05, 3.63) is 68.3 Å². The van der Waals surface area contributed by atoms with E-state index in [9.17, 15) is 14.9 Å². The summed E-state index contributed by atoms with van der Waals surface area (Å²) in [5, 5.41) is 15.5. The molecule has 0 saturated heterocycles. The quantitative estimate of drug-likeness (QED) is 0.520. The molecule has 0 aromatic carbocycles. The van der Waals surface area contributed by atoms with Gasteiger partial charge in [-0.25, -0.2) is 9.97 Å². The third kappa shape index (κ3) is 3.47. The summed E-state index contributed by atoms with van der Waals surface area (Å²) in [6.45, 7) is 0. The van der Waals surface area contributed by atoms with Crippen LogP contribution in [0.3, 0.4) is 0 Å². The van der Waals surface area contributed by atoms with Crippen molar-refractivity contribution in [2.45, 2.75) is 0 Å². The number of carbonyl (C=O) groups excluding carboxylic acids is 1. The maximum atomic E-state index is 12.2. The predicted octanol–water partition coefficient (Wildman–Crippen LogP) is 4.13. The molecule has 0 aliphatic heterocycles. The molecule has 120 valence electrons. The number of rotatable bonds is 4. The van der Waals surface area contributed by atoms with Gasteiger partial charge in [0.15, 0.2) is 0 Å². The van der Waals surface area contributed by atoms with Crippen molar-refractivity contribution in [2.24, 2.45) is 0 Å². The zero-order chi connectivity index (χ0) is 17.1. The number of carbonyl (C=O) groups is 1. The molecule has 0 spiro atoms. The number of halogens is 1. The van der Waals surface area contributed by atoms with Crippen LogP contribution in [0.4, 0.5) is 11.5 Å². The predicted molar refractivity (Wildman–Crippen MR) is 94.1 cm³/mol. The van der Waals surface area contributed by atoms with Gasteiger partial charge in [-0.15, -0.1) is 11.3 Å². The summed E-state index contributed by atoms with van der Waals surface area (Å²) in [6.07, 6.45) is 1.47. The van der Waals surface area contributed by atoms with Gasteiger partial charge in [-0.05, 0) is 45.6 Å². The van der Waals surface area contributed by atoms with Crippen LogP contribution in [0.2, 0.25) is 0 Å². The fourth-order valence-electron chi connectivity index (χ4n) is 1.93. The van der Waals surface area contributed by atoms with Crippen molar-refractivity contribution in [2.75, 3.05) is 5.32 Å². The normalized spacial score (nSPS) is 10.4. The molecule has 0 atom stereocenters. The summed E-state index contributed by atoms with van der Waals surface area (Å²) >= 11 is 4.68. The number of aromatic nitrogens is 2. The molecule has 0 saturated carbocycles. The van der Waals surface area contributed by atoms with Gasteiger partial charge in [0, 0.05) is 16.7 Å². The van der Waals surface area contributed by atoms with Crippen LogP contribution in [0.1, 0.15) is 10.5 Å². The zero-order valence-corrected chi connectivity index (χ0v) is 14.4. The molecule has 3 rings (SSSR count). The monoisotopic (exact) mass is 404 g/mol. The first-order chi connectivity index (χ1) is 11.5. The summed E-state index contributed by atoms with van der Waals surface area (Å²) in [5.41, 5.74) is 0.409. The van der Waals surface area contributed by atoms with Crippen LogP contribution in [0, 0.1) is 10.1 Å². The fourth-order valence-corrected chi connectivity index (χ4v) is 2.86. The summed E-state index contributed by atoms with van der Waals surface area (Å²) in [4.78, 5) is 31.9. The molecule has 1 amide bonds. The minimum atomic E-state index is -0.587. The van der Waals surface area contributed by atoms with E-state index < -0.39 is 10.8 Å². The van der Waals surface area contributed by atoms with Gasteiger partial charge >= 0.3 is 5.69 Å². The highest BCUT2D eigenvalue weighted by Crippen LogP contribution is 2.29. The largest absolute Gasteiger partial charge is 0.311 e. The average Bonchev–Trinajstić information content (AvgIpc) is 3.09. The van der Waals surface area contributed by atoms with Crippen molar-refractivity contribution in [3.63, 3.8) is 0 Å². The van der Waals surface area contributed by atoms with E-state index in [-0.39, 0.29) is 17.2 Å². The number of hydrogen-bond acceptors (Lipinski definition) is 6. The first-order valence-corrected chi connectivity index (χ1v) is 8.34. The van der Waals surface area contributed by atoms with Gasteiger partial charge in [0.05, 0.1) is 15.5 Å². The number of hydrogen-bond donors (Lipinski definition) is 1. The van der Waals surface area contributed by atoms with Crippen molar-refractivity contribution < 1.29 is 9.72 Å². The van der Waals surface area contributed by atoms with Crippen LogP contribution in [-0.4, -0.2) is 20.8 Å². The molecule has 0 fully saturated rings. The van der Waals surface area contributed by atoms with Crippen LogP contribution in [0.25, 0.3) is 10.6 Å². The lowest BCUT2D eigenvalue weighted by Crippen LogP contribution is -2.15. The van der Waals surface area contributed by atoms with Crippen LogP contribution in [-0.2, 0) is 0 Å². The van der Waals surface area contributed by atoms with Gasteiger partial charge in [0.25, 0.3) is 5.91 Å². The summed E-state index contributed by atoms with van der Waals surface area (Å²) in [5.74, 6) is -0.679. The Morgan fingerprint density at radius 2 is 2.08 bits per heavy atom. The number of nitrogens with one attached hydrogen (secondary N) is 1. The lowest BCUT2D eigenvalue weighted by atomic mass is 10.2. The number of nitrogens with zero attached hydrogens (tertiary/aromatic N) is 3. The summed E-state index contributed by atoms with van der Waals surface area (Å²) in [6, 6.07) is 9.75. The topological polar surface area (TPSA) is 98.0 Å². The zero-order valence-electron chi connectivity index (χ0n) is 12.0. The van der Waals surface area contributed by atoms with E-state index in [1.165, 1.54) is 29.7 Å². The molecule has 0 aliphatic carbocycles. The van der Waals surface area contributed by atoms with Crippen molar-refractivity contribution in [1.82, 2.24) is 9.97 Å². The molecular weight excluding hydrogens is 396 g/mol. The van der Waals surface area contributed by atoms with Gasteiger partial charge in [-0.1, -0.05) is 6.07 Å². The number of amides is 1. The lowest BCUT2D eigenvalue weighted by Gasteiger charge is -2.06. The Kier molecular flexibility index (Phi) is 4.63. The van der Waals surface area contributed by atoms with E-state index >= 15 is 0 Å². The highest BCUT2D eigenvalue weighted by Gasteiger charge is 2.20. The van der Waals surface area contributed by atoms with Crippen LogP contribution in [0.15, 0.2) is 52.4 Å². The second-order valence-corrected chi connectivity index (χ2v) is 6.48. The summed E-state index contributed by atoms with van der Waals surface area (Å²) < 4.78 is 0.725. The molecule has 7 nitrogen and oxygen atoms in total. The summed E-state index contributed by atoms with van der Waals surface area (Å²) in [7, 11) is 0. The van der Waals surface area contributed by atoms with E-state index in [4.69, 9.17) is 0 Å². The molecular formula is C15H9BrN4O3S. The Morgan fingerprint density at radius 3 is 2.71 bits per heavy atom. The second kappa shape index (κ2) is 6.85. The fraction of sp³-hybridized carbons (Fsp3) is 0.